The predicted octanol–water partition coefficient (Wildman–Crippen LogP) is 3.56. The van der Waals surface area contributed by atoms with Gasteiger partial charge in [-0.2, -0.15) is 0 Å². The van der Waals surface area contributed by atoms with Crippen LogP contribution in [0.2, 0.25) is 0 Å². The molecule has 106 valence electrons. The highest BCUT2D eigenvalue weighted by atomic mass is 32.1. The molecule has 0 bridgehead atoms. The smallest absolute Gasteiger partial charge is 0.352 e. The molecular weight excluding hydrogens is 274 g/mol. The van der Waals surface area contributed by atoms with Gasteiger partial charge in [-0.1, -0.05) is 0 Å². The Kier molecular flexibility index (Phi) is 4.09. The van der Waals surface area contributed by atoms with Gasteiger partial charge in [-0.15, -0.1) is 11.3 Å². The lowest BCUT2D eigenvalue weighted by Gasteiger charge is -2.14. The van der Waals surface area contributed by atoms with Gasteiger partial charge in [0, 0.05) is 34.0 Å². The summed E-state index contributed by atoms with van der Waals surface area (Å²) in [5.74, 6) is -1.13. The lowest BCUT2D eigenvalue weighted by Crippen LogP contribution is -2.13. The lowest BCUT2D eigenvalue weighted by molar-refractivity contribution is 0.0683. The summed E-state index contributed by atoms with van der Waals surface area (Å²) < 4.78 is 1.67. The minimum absolute atomic E-state index is 0.00718. The van der Waals surface area contributed by atoms with Crippen LogP contribution in [0.25, 0.3) is 0 Å². The standard InChI is InChI=1S/C15H17NO3S/c1-9(6-13-5-4-10(2)20-13)16-8-12(11(3)17)7-14(16)15(18)19/h4-5,7-9H,6H2,1-3H3,(H,18,19). The van der Waals surface area contributed by atoms with Crippen LogP contribution in [0.4, 0.5) is 0 Å². The Morgan fingerprint density at radius 2 is 2.10 bits per heavy atom. The molecule has 2 aromatic rings. The summed E-state index contributed by atoms with van der Waals surface area (Å²) in [5.41, 5.74) is 0.604. The fourth-order valence-electron chi connectivity index (χ4n) is 2.19. The van der Waals surface area contributed by atoms with Gasteiger partial charge in [-0.05, 0) is 39.0 Å². The second kappa shape index (κ2) is 5.63. The van der Waals surface area contributed by atoms with Gasteiger partial charge in [0.2, 0.25) is 0 Å². The Hall–Kier alpha value is -1.88. The Bertz CT molecular complexity index is 654. The molecule has 0 radical (unpaired) electrons. The average Bonchev–Trinajstić information content (AvgIpc) is 2.95. The van der Waals surface area contributed by atoms with E-state index in [-0.39, 0.29) is 17.5 Å². The number of carboxylic acids is 1. The SMILES string of the molecule is CC(=O)c1cc(C(=O)O)n(C(C)Cc2ccc(C)s2)c1. The maximum atomic E-state index is 11.4. The zero-order chi connectivity index (χ0) is 14.9. The highest BCUT2D eigenvalue weighted by molar-refractivity contribution is 7.11. The van der Waals surface area contributed by atoms with E-state index in [9.17, 15) is 14.7 Å². The number of carboxylic acid groups (broad SMARTS) is 1. The van der Waals surface area contributed by atoms with Gasteiger partial charge < -0.3 is 9.67 Å². The highest BCUT2D eigenvalue weighted by Gasteiger charge is 2.18. The monoisotopic (exact) mass is 291 g/mol. The van der Waals surface area contributed by atoms with Crippen molar-refractivity contribution in [1.29, 1.82) is 0 Å². The van der Waals surface area contributed by atoms with Gasteiger partial charge >= 0.3 is 5.97 Å². The van der Waals surface area contributed by atoms with Crippen LogP contribution in [0.15, 0.2) is 24.4 Å². The first-order chi connectivity index (χ1) is 9.38. The molecular formula is C15H17NO3S. The lowest BCUT2D eigenvalue weighted by atomic mass is 10.2. The molecule has 0 saturated heterocycles. The number of hydrogen-bond donors (Lipinski definition) is 1. The average molecular weight is 291 g/mol. The summed E-state index contributed by atoms with van der Waals surface area (Å²) in [4.78, 5) is 25.2. The molecule has 0 amide bonds. The molecule has 2 rings (SSSR count). The zero-order valence-corrected chi connectivity index (χ0v) is 12.5. The number of Topliss-reactive ketones (excluding diaryl/α,β-unsaturated/α-hetero) is 1. The number of aromatic carboxylic acids is 1. The summed E-state index contributed by atoms with van der Waals surface area (Å²) in [6, 6.07) is 5.56. The minimum Gasteiger partial charge on any atom is -0.477 e. The maximum absolute atomic E-state index is 11.4. The fraction of sp³-hybridized carbons (Fsp3) is 0.333. The van der Waals surface area contributed by atoms with Gasteiger partial charge in [-0.25, -0.2) is 4.79 Å². The van der Waals surface area contributed by atoms with Crippen LogP contribution in [-0.2, 0) is 6.42 Å². The topological polar surface area (TPSA) is 59.3 Å². The van der Waals surface area contributed by atoms with E-state index in [2.05, 4.69) is 12.1 Å². The van der Waals surface area contributed by atoms with Gasteiger partial charge in [0.25, 0.3) is 0 Å². The third kappa shape index (κ3) is 2.99. The van der Waals surface area contributed by atoms with Crippen LogP contribution in [0, 0.1) is 6.92 Å². The molecule has 0 aliphatic heterocycles. The quantitative estimate of drug-likeness (QED) is 0.857. The number of hydrogen-bond acceptors (Lipinski definition) is 3. The first-order valence-corrected chi connectivity index (χ1v) is 7.21. The summed E-state index contributed by atoms with van der Waals surface area (Å²) in [6.45, 7) is 5.45. The van der Waals surface area contributed by atoms with Crippen molar-refractivity contribution in [1.82, 2.24) is 4.57 Å². The molecule has 4 nitrogen and oxygen atoms in total. The first-order valence-electron chi connectivity index (χ1n) is 6.40. The van der Waals surface area contributed by atoms with Crippen LogP contribution in [0.1, 0.15) is 50.5 Å². The van der Waals surface area contributed by atoms with E-state index in [1.807, 2.05) is 13.8 Å². The molecule has 0 aromatic carbocycles. The fourth-order valence-corrected chi connectivity index (χ4v) is 3.20. The molecule has 0 aliphatic carbocycles. The normalized spacial score (nSPS) is 12.3. The molecule has 0 spiro atoms. The predicted molar refractivity (Wildman–Crippen MR) is 78.9 cm³/mol. The van der Waals surface area contributed by atoms with Crippen molar-refractivity contribution >= 4 is 23.1 Å². The maximum Gasteiger partial charge on any atom is 0.352 e. The van der Waals surface area contributed by atoms with E-state index in [1.54, 1.807) is 22.1 Å². The van der Waals surface area contributed by atoms with Crippen molar-refractivity contribution < 1.29 is 14.7 Å². The summed E-state index contributed by atoms with van der Waals surface area (Å²) in [7, 11) is 0. The number of carbonyl (C=O) groups is 2. The largest absolute Gasteiger partial charge is 0.477 e. The highest BCUT2D eigenvalue weighted by Crippen LogP contribution is 2.24. The number of aromatic nitrogens is 1. The third-order valence-electron chi connectivity index (χ3n) is 3.24. The summed E-state index contributed by atoms with van der Waals surface area (Å²) >= 11 is 1.71. The molecule has 1 unspecified atom stereocenters. The molecule has 1 N–H and O–H groups in total. The zero-order valence-electron chi connectivity index (χ0n) is 11.7. The molecule has 20 heavy (non-hydrogen) atoms. The molecule has 0 saturated carbocycles. The molecule has 1 atom stereocenters. The summed E-state index contributed by atoms with van der Waals surface area (Å²) in [6.07, 6.45) is 2.39. The van der Waals surface area contributed by atoms with E-state index in [1.165, 1.54) is 22.7 Å². The Morgan fingerprint density at radius 1 is 1.40 bits per heavy atom. The second-order valence-electron chi connectivity index (χ2n) is 4.95. The van der Waals surface area contributed by atoms with Crippen LogP contribution < -0.4 is 0 Å². The molecule has 2 aromatic heterocycles. The molecule has 0 aliphatic rings. The van der Waals surface area contributed by atoms with Crippen LogP contribution >= 0.6 is 11.3 Å². The Morgan fingerprint density at radius 3 is 2.60 bits per heavy atom. The van der Waals surface area contributed by atoms with E-state index >= 15 is 0 Å². The van der Waals surface area contributed by atoms with Crippen molar-refractivity contribution in [3.63, 3.8) is 0 Å². The molecule has 5 heteroatoms. The van der Waals surface area contributed by atoms with Crippen molar-refractivity contribution in [2.45, 2.75) is 33.2 Å². The second-order valence-corrected chi connectivity index (χ2v) is 6.32. The van der Waals surface area contributed by atoms with Crippen molar-refractivity contribution in [2.75, 3.05) is 0 Å². The summed E-state index contributed by atoms with van der Waals surface area (Å²) in [5, 5.41) is 9.25. The van der Waals surface area contributed by atoms with E-state index in [4.69, 9.17) is 0 Å². The first kappa shape index (κ1) is 14.5. The van der Waals surface area contributed by atoms with Crippen molar-refractivity contribution in [3.05, 3.63) is 45.4 Å². The Labute approximate surface area is 121 Å². The molecule has 2 heterocycles. The number of rotatable bonds is 5. The van der Waals surface area contributed by atoms with Crippen molar-refractivity contribution in [2.24, 2.45) is 0 Å². The van der Waals surface area contributed by atoms with E-state index in [0.29, 0.717) is 5.56 Å². The van der Waals surface area contributed by atoms with Gasteiger partial charge in [0.05, 0.1) is 0 Å². The number of ketones is 1. The van der Waals surface area contributed by atoms with E-state index < -0.39 is 5.97 Å². The van der Waals surface area contributed by atoms with Crippen molar-refractivity contribution in [3.8, 4) is 0 Å². The number of thiophene rings is 1. The van der Waals surface area contributed by atoms with Gasteiger partial charge in [-0.3, -0.25) is 4.79 Å². The number of nitrogens with zero attached hydrogens (tertiary/aromatic N) is 1. The van der Waals surface area contributed by atoms with Gasteiger partial charge in [0.15, 0.2) is 5.78 Å². The molecule has 0 fully saturated rings. The van der Waals surface area contributed by atoms with Crippen LogP contribution in [0.3, 0.4) is 0 Å². The Balaban J connectivity index is 2.30. The number of carbonyl (C=O) groups excluding carboxylic acids is 1. The van der Waals surface area contributed by atoms with E-state index in [0.717, 1.165) is 6.42 Å². The third-order valence-corrected chi connectivity index (χ3v) is 4.26. The number of aryl methyl sites for hydroxylation is 1. The minimum atomic E-state index is -1.01. The van der Waals surface area contributed by atoms with Crippen LogP contribution in [-0.4, -0.2) is 21.4 Å². The van der Waals surface area contributed by atoms with Gasteiger partial charge in [0.1, 0.15) is 5.69 Å². The van der Waals surface area contributed by atoms with Crippen LogP contribution in [0.5, 0.6) is 0 Å².